The number of nitrogens with zero attached hydrogens (tertiary/aromatic N) is 9. The Morgan fingerprint density at radius 2 is 1.87 bits per heavy atom. The van der Waals surface area contributed by atoms with Crippen LogP contribution in [-0.2, 0) is 25.5 Å². The van der Waals surface area contributed by atoms with E-state index in [1.165, 1.54) is 16.3 Å². The molecule has 1 aliphatic carbocycles. The summed E-state index contributed by atoms with van der Waals surface area (Å²) >= 11 is 0. The summed E-state index contributed by atoms with van der Waals surface area (Å²) in [5.41, 5.74) is 3.08. The molecule has 3 saturated heterocycles. The summed E-state index contributed by atoms with van der Waals surface area (Å²) in [6, 6.07) is 7.57. The highest BCUT2D eigenvalue weighted by molar-refractivity contribution is 6.08. The highest BCUT2D eigenvalue weighted by Crippen LogP contribution is 2.36. The number of carbonyl (C=O) groups excluding carboxylic acids is 3. The smallest absolute Gasteiger partial charge is 0.284 e. The van der Waals surface area contributed by atoms with E-state index >= 15 is 0 Å². The Balaban J connectivity index is 0.727. The zero-order valence-corrected chi connectivity index (χ0v) is 35.3. The van der Waals surface area contributed by atoms with Gasteiger partial charge in [-0.3, -0.25) is 29.1 Å². The fourth-order valence-electron chi connectivity index (χ4n) is 9.84. The van der Waals surface area contributed by atoms with Crippen LogP contribution in [0.3, 0.4) is 0 Å². The summed E-state index contributed by atoms with van der Waals surface area (Å²) in [5, 5.41) is 19.5. The molecule has 1 saturated carbocycles. The Morgan fingerprint density at radius 3 is 2.65 bits per heavy atom. The first kappa shape index (κ1) is 42.0. The monoisotopic (exact) mass is 855 g/mol. The van der Waals surface area contributed by atoms with Crippen molar-refractivity contribution in [1.29, 1.82) is 0 Å². The van der Waals surface area contributed by atoms with Gasteiger partial charge in [0.1, 0.15) is 17.4 Å². The Labute approximate surface area is 358 Å². The first-order valence-corrected chi connectivity index (χ1v) is 22.1. The van der Waals surface area contributed by atoms with E-state index in [-0.39, 0.29) is 41.3 Å². The summed E-state index contributed by atoms with van der Waals surface area (Å²) in [6.07, 6.45) is 10.1. The van der Waals surface area contributed by atoms with Crippen LogP contribution in [0.4, 0.5) is 20.3 Å². The average Bonchev–Trinajstić information content (AvgIpc) is 3.99. The molecule has 4 aromatic heterocycles. The highest BCUT2D eigenvalue weighted by atomic mass is 19.3. The van der Waals surface area contributed by atoms with Crippen LogP contribution in [0.1, 0.15) is 111 Å². The van der Waals surface area contributed by atoms with E-state index < -0.39 is 24.1 Å². The zero-order valence-electron chi connectivity index (χ0n) is 35.3. The van der Waals surface area contributed by atoms with E-state index in [1.54, 1.807) is 21.8 Å². The Bertz CT molecular complexity index is 2420. The SMILES string of the molecule is Cc1nn(C2CCC(=O)NC2=O)c2cccc(CCCOC3CCN(CC4CCC(n5cc(NC(=O)c6cnn7ccc(N8CCOC[C@@H]8C)nc67)c(C(F)F)n5)CC4)CC3)c12. The van der Waals surface area contributed by atoms with Gasteiger partial charge in [0.05, 0.1) is 54.5 Å². The molecule has 16 nitrogen and oxygen atoms in total. The first-order chi connectivity index (χ1) is 30.1. The van der Waals surface area contributed by atoms with E-state index in [2.05, 4.69) is 36.7 Å². The molecule has 1 unspecified atom stereocenters. The van der Waals surface area contributed by atoms with Gasteiger partial charge in [0, 0.05) is 57.0 Å². The molecule has 2 atom stereocenters. The molecular formula is C44H55F2N11O5. The molecule has 3 amide bonds. The van der Waals surface area contributed by atoms with Gasteiger partial charge in [-0.05, 0) is 95.2 Å². The second kappa shape index (κ2) is 18.2. The molecule has 0 bridgehead atoms. The van der Waals surface area contributed by atoms with Crippen LogP contribution in [0.15, 0.2) is 42.9 Å². The quantitative estimate of drug-likeness (QED) is 0.108. The molecular weight excluding hydrogens is 801 g/mol. The number of aromatic nitrogens is 7. The van der Waals surface area contributed by atoms with E-state index in [0.29, 0.717) is 56.6 Å². The number of morpholine rings is 1. The third-order valence-corrected chi connectivity index (χ3v) is 13.2. The van der Waals surface area contributed by atoms with E-state index in [1.807, 2.05) is 32.0 Å². The zero-order chi connectivity index (χ0) is 42.9. The van der Waals surface area contributed by atoms with E-state index in [4.69, 9.17) is 19.6 Å². The number of halogens is 2. The lowest BCUT2D eigenvalue weighted by Gasteiger charge is -2.36. The van der Waals surface area contributed by atoms with Gasteiger partial charge in [0.2, 0.25) is 5.91 Å². The Kier molecular flexibility index (Phi) is 12.3. The van der Waals surface area contributed by atoms with Crippen LogP contribution in [0.5, 0.6) is 0 Å². The second-order valence-electron chi connectivity index (χ2n) is 17.3. The minimum Gasteiger partial charge on any atom is -0.378 e. The van der Waals surface area contributed by atoms with E-state index in [9.17, 15) is 23.2 Å². The summed E-state index contributed by atoms with van der Waals surface area (Å²) < 4.78 is 45.4. The third-order valence-electron chi connectivity index (χ3n) is 13.2. The summed E-state index contributed by atoms with van der Waals surface area (Å²) in [7, 11) is 0. The van der Waals surface area contributed by atoms with Crippen LogP contribution in [0, 0.1) is 12.8 Å². The van der Waals surface area contributed by atoms with Crippen LogP contribution >= 0.6 is 0 Å². The number of likely N-dealkylation sites (tertiary alicyclic amines) is 1. The van der Waals surface area contributed by atoms with Gasteiger partial charge in [-0.15, -0.1) is 0 Å². The van der Waals surface area contributed by atoms with Crippen molar-refractivity contribution in [2.45, 2.75) is 109 Å². The minimum absolute atomic E-state index is 0.000941. The number of ether oxygens (including phenoxy) is 2. The van der Waals surface area contributed by atoms with Crippen molar-refractivity contribution in [3.8, 4) is 0 Å². The number of imide groups is 1. The molecule has 4 aliphatic rings. The summed E-state index contributed by atoms with van der Waals surface area (Å²) in [4.78, 5) is 47.2. The fourth-order valence-corrected chi connectivity index (χ4v) is 9.84. The first-order valence-electron chi connectivity index (χ1n) is 22.1. The van der Waals surface area contributed by atoms with Crippen molar-refractivity contribution in [2.24, 2.45) is 5.92 Å². The van der Waals surface area contributed by atoms with Crippen LogP contribution < -0.4 is 15.5 Å². The maximum Gasteiger partial charge on any atom is 0.284 e. The molecule has 9 rings (SSSR count). The standard InChI is InChI=1S/C44H55F2N11O5/c1-27-26-61-22-20-54(27)37-16-19-55-42(49-37)33(23-47-55)43(59)48-34-25-56(52-40(34)41(45)46)31-10-8-29(9-11-31)24-53-17-14-32(15-18-53)62-21-4-6-30-5-3-7-35-39(30)28(2)51-57(35)36-12-13-38(58)50-44(36)60/h3,5,7,16,19,23,25,27,29,31-32,36,41H,4,6,8-15,17-18,20-22,24,26H2,1-2H3,(H,48,59)(H,50,58,60)/t27-,29?,31?,36?/m0/s1. The van der Waals surface area contributed by atoms with Gasteiger partial charge in [-0.25, -0.2) is 18.3 Å². The predicted octanol–water partition coefficient (Wildman–Crippen LogP) is 5.82. The molecule has 0 spiro atoms. The molecule has 1 aromatic carbocycles. The number of anilines is 2. The van der Waals surface area contributed by atoms with Gasteiger partial charge in [-0.2, -0.15) is 15.3 Å². The number of aryl methyl sites for hydroxylation is 2. The lowest BCUT2D eigenvalue weighted by molar-refractivity contribution is -0.135. The van der Waals surface area contributed by atoms with Crippen molar-refractivity contribution in [1.82, 2.24) is 44.4 Å². The van der Waals surface area contributed by atoms with Gasteiger partial charge >= 0.3 is 0 Å². The number of fused-ring (bicyclic) bond motifs is 2. The van der Waals surface area contributed by atoms with Crippen molar-refractivity contribution < 1.29 is 32.6 Å². The number of amides is 3. The minimum atomic E-state index is -2.85. The lowest BCUT2D eigenvalue weighted by atomic mass is 9.85. The molecule has 4 fully saturated rings. The van der Waals surface area contributed by atoms with Crippen molar-refractivity contribution >= 4 is 45.8 Å². The number of carbonyl (C=O) groups is 3. The molecule has 7 heterocycles. The molecule has 62 heavy (non-hydrogen) atoms. The van der Waals surface area contributed by atoms with Crippen molar-refractivity contribution in [3.63, 3.8) is 0 Å². The molecule has 5 aromatic rings. The van der Waals surface area contributed by atoms with E-state index in [0.717, 1.165) is 87.6 Å². The normalized spacial score (nSPS) is 23.1. The third kappa shape index (κ3) is 8.81. The number of hydrogen-bond acceptors (Lipinski definition) is 11. The largest absolute Gasteiger partial charge is 0.378 e. The van der Waals surface area contributed by atoms with Crippen LogP contribution in [0.2, 0.25) is 0 Å². The lowest BCUT2D eigenvalue weighted by Crippen LogP contribution is -2.44. The molecule has 3 aliphatic heterocycles. The highest BCUT2D eigenvalue weighted by Gasteiger charge is 2.32. The Morgan fingerprint density at radius 1 is 1.05 bits per heavy atom. The van der Waals surface area contributed by atoms with Crippen LogP contribution in [0.25, 0.3) is 16.6 Å². The molecule has 330 valence electrons. The second-order valence-corrected chi connectivity index (χ2v) is 17.3. The fraction of sp³-hybridized carbons (Fsp3) is 0.568. The van der Waals surface area contributed by atoms with Gasteiger partial charge < -0.3 is 24.6 Å². The molecule has 2 N–H and O–H groups in total. The molecule has 18 heteroatoms. The number of piperidine rings is 2. The predicted molar refractivity (Wildman–Crippen MR) is 226 cm³/mol. The topological polar surface area (TPSA) is 166 Å². The van der Waals surface area contributed by atoms with Crippen LogP contribution in [-0.4, -0.2) is 115 Å². The van der Waals surface area contributed by atoms with Crippen molar-refractivity contribution in [2.75, 3.05) is 56.2 Å². The van der Waals surface area contributed by atoms with Gasteiger partial charge in [0.15, 0.2) is 11.3 Å². The summed E-state index contributed by atoms with van der Waals surface area (Å²) in [5.74, 6) is 0.116. The number of nitrogens with one attached hydrogen (secondary N) is 2. The maximum atomic E-state index is 14.3. The van der Waals surface area contributed by atoms with Crippen molar-refractivity contribution in [3.05, 3.63) is 65.4 Å². The number of rotatable bonds is 13. The number of benzene rings is 1. The summed E-state index contributed by atoms with van der Waals surface area (Å²) in [6.45, 7) is 9.50. The Hall–Kier alpha value is -5.33. The maximum absolute atomic E-state index is 14.3. The number of alkyl halides is 2. The molecule has 0 radical (unpaired) electrons. The average molecular weight is 856 g/mol. The number of hydrogen-bond donors (Lipinski definition) is 2. The van der Waals surface area contributed by atoms with Gasteiger partial charge in [0.25, 0.3) is 18.2 Å². The van der Waals surface area contributed by atoms with Gasteiger partial charge in [-0.1, -0.05) is 12.1 Å².